The molecule has 0 saturated carbocycles. The van der Waals surface area contributed by atoms with Crippen LogP contribution in [0.4, 0.5) is 5.69 Å². The number of aryl methyl sites for hydroxylation is 2. The van der Waals surface area contributed by atoms with Gasteiger partial charge in [0.25, 0.3) is 0 Å². The van der Waals surface area contributed by atoms with E-state index in [2.05, 4.69) is 49.6 Å². The quantitative estimate of drug-likeness (QED) is 0.832. The number of thiocarbonyl (C=S) groups is 1. The van der Waals surface area contributed by atoms with Crippen molar-refractivity contribution in [3.8, 4) is 0 Å². The molecule has 2 rings (SSSR count). The fourth-order valence-corrected chi connectivity index (χ4v) is 2.62. The molecular formula is C15H22N2OS. The summed E-state index contributed by atoms with van der Waals surface area (Å²) in [5.41, 5.74) is 3.49. The van der Waals surface area contributed by atoms with Gasteiger partial charge in [0.1, 0.15) is 0 Å². The maximum absolute atomic E-state index is 5.66. The molecule has 1 fully saturated rings. The van der Waals surface area contributed by atoms with E-state index in [0.29, 0.717) is 5.11 Å². The second-order valence-electron chi connectivity index (χ2n) is 5.26. The van der Waals surface area contributed by atoms with E-state index in [1.54, 1.807) is 0 Å². The molecule has 0 aromatic heterocycles. The van der Waals surface area contributed by atoms with Crippen molar-refractivity contribution in [2.75, 3.05) is 11.9 Å². The number of hydrogen-bond acceptors (Lipinski definition) is 2. The Morgan fingerprint density at radius 2 is 2.21 bits per heavy atom. The van der Waals surface area contributed by atoms with E-state index < -0.39 is 0 Å². The SMILES string of the molecule is Cc1ccc(C)c(NC(=S)NC(C)C2CCCO2)c1. The molecular weight excluding hydrogens is 256 g/mol. The molecule has 1 aliphatic rings. The average molecular weight is 278 g/mol. The van der Waals surface area contributed by atoms with E-state index in [9.17, 15) is 0 Å². The van der Waals surface area contributed by atoms with E-state index in [1.165, 1.54) is 11.1 Å². The second kappa shape index (κ2) is 6.35. The summed E-state index contributed by atoms with van der Waals surface area (Å²) in [7, 11) is 0. The maximum atomic E-state index is 5.66. The number of benzene rings is 1. The van der Waals surface area contributed by atoms with E-state index in [-0.39, 0.29) is 12.1 Å². The molecule has 0 amide bonds. The number of nitrogens with one attached hydrogen (secondary N) is 2. The first-order chi connectivity index (χ1) is 9.06. The van der Waals surface area contributed by atoms with E-state index in [1.807, 2.05) is 0 Å². The highest BCUT2D eigenvalue weighted by Gasteiger charge is 2.22. The van der Waals surface area contributed by atoms with Crippen LogP contribution in [0.2, 0.25) is 0 Å². The van der Waals surface area contributed by atoms with Crippen molar-refractivity contribution >= 4 is 23.0 Å². The number of hydrogen-bond donors (Lipinski definition) is 2. The van der Waals surface area contributed by atoms with Crippen molar-refractivity contribution in [1.82, 2.24) is 5.32 Å². The Bertz CT molecular complexity index is 455. The van der Waals surface area contributed by atoms with Crippen molar-refractivity contribution in [1.29, 1.82) is 0 Å². The fourth-order valence-electron chi connectivity index (χ4n) is 2.33. The summed E-state index contributed by atoms with van der Waals surface area (Å²) < 4.78 is 5.66. The smallest absolute Gasteiger partial charge is 0.171 e. The summed E-state index contributed by atoms with van der Waals surface area (Å²) in [4.78, 5) is 0. The third kappa shape index (κ3) is 3.91. The van der Waals surface area contributed by atoms with Gasteiger partial charge >= 0.3 is 0 Å². The first kappa shape index (κ1) is 14.3. The molecule has 1 saturated heterocycles. The largest absolute Gasteiger partial charge is 0.376 e. The molecule has 0 aliphatic carbocycles. The molecule has 2 atom stereocenters. The maximum Gasteiger partial charge on any atom is 0.171 e. The molecule has 104 valence electrons. The van der Waals surface area contributed by atoms with Crippen LogP contribution < -0.4 is 10.6 Å². The van der Waals surface area contributed by atoms with Gasteiger partial charge in [-0.3, -0.25) is 0 Å². The van der Waals surface area contributed by atoms with Gasteiger partial charge in [-0.15, -0.1) is 0 Å². The summed E-state index contributed by atoms with van der Waals surface area (Å²) in [6, 6.07) is 6.56. The highest BCUT2D eigenvalue weighted by atomic mass is 32.1. The zero-order valence-corrected chi connectivity index (χ0v) is 12.6. The standard InChI is InChI=1S/C15H22N2OS/c1-10-6-7-11(2)13(9-10)17-15(19)16-12(3)14-5-4-8-18-14/h6-7,9,12,14H,4-5,8H2,1-3H3,(H2,16,17,19). The van der Waals surface area contributed by atoms with Crippen molar-refractivity contribution < 1.29 is 4.74 Å². The van der Waals surface area contributed by atoms with Gasteiger partial charge in [0.2, 0.25) is 0 Å². The van der Waals surface area contributed by atoms with Crippen LogP contribution in [-0.2, 0) is 4.74 Å². The number of rotatable bonds is 3. The Morgan fingerprint density at radius 1 is 1.42 bits per heavy atom. The Labute approximate surface area is 120 Å². The molecule has 4 heteroatoms. The van der Waals surface area contributed by atoms with Crippen LogP contribution >= 0.6 is 12.2 Å². The Hall–Kier alpha value is -1.13. The molecule has 0 spiro atoms. The topological polar surface area (TPSA) is 33.3 Å². The fraction of sp³-hybridized carbons (Fsp3) is 0.533. The molecule has 19 heavy (non-hydrogen) atoms. The van der Waals surface area contributed by atoms with Gasteiger partial charge in [0.15, 0.2) is 5.11 Å². The van der Waals surface area contributed by atoms with E-state index >= 15 is 0 Å². The van der Waals surface area contributed by atoms with Gasteiger partial charge in [0.05, 0.1) is 12.1 Å². The van der Waals surface area contributed by atoms with Crippen LogP contribution in [-0.4, -0.2) is 23.9 Å². The first-order valence-electron chi connectivity index (χ1n) is 6.82. The lowest BCUT2D eigenvalue weighted by Gasteiger charge is -2.22. The highest BCUT2D eigenvalue weighted by molar-refractivity contribution is 7.80. The van der Waals surface area contributed by atoms with Crippen molar-refractivity contribution in [2.45, 2.75) is 45.8 Å². The minimum atomic E-state index is 0.243. The summed E-state index contributed by atoms with van der Waals surface area (Å²) in [5.74, 6) is 0. The van der Waals surface area contributed by atoms with Gasteiger partial charge in [-0.25, -0.2) is 0 Å². The van der Waals surface area contributed by atoms with E-state index in [4.69, 9.17) is 17.0 Å². The lowest BCUT2D eigenvalue weighted by atomic mass is 10.1. The molecule has 3 nitrogen and oxygen atoms in total. The minimum absolute atomic E-state index is 0.243. The van der Waals surface area contributed by atoms with Gasteiger partial charge in [0, 0.05) is 12.3 Å². The lowest BCUT2D eigenvalue weighted by Crippen LogP contribution is -2.42. The third-order valence-electron chi connectivity index (χ3n) is 3.52. The van der Waals surface area contributed by atoms with Crippen LogP contribution in [0.25, 0.3) is 0 Å². The average Bonchev–Trinajstić information content (AvgIpc) is 2.87. The molecule has 1 aliphatic heterocycles. The van der Waals surface area contributed by atoms with Crippen LogP contribution in [0.3, 0.4) is 0 Å². The predicted molar refractivity (Wildman–Crippen MR) is 83.7 cm³/mol. The van der Waals surface area contributed by atoms with Crippen molar-refractivity contribution in [2.24, 2.45) is 0 Å². The number of anilines is 1. The van der Waals surface area contributed by atoms with Crippen molar-refractivity contribution in [3.63, 3.8) is 0 Å². The molecule has 0 radical (unpaired) electrons. The Morgan fingerprint density at radius 3 is 2.89 bits per heavy atom. The monoisotopic (exact) mass is 278 g/mol. The lowest BCUT2D eigenvalue weighted by molar-refractivity contribution is 0.0895. The van der Waals surface area contributed by atoms with Crippen LogP contribution in [0.15, 0.2) is 18.2 Å². The number of ether oxygens (including phenoxy) is 1. The zero-order valence-electron chi connectivity index (χ0n) is 11.8. The van der Waals surface area contributed by atoms with Crippen LogP contribution in [0, 0.1) is 13.8 Å². The molecule has 0 bridgehead atoms. The van der Waals surface area contributed by atoms with Gasteiger partial charge in [-0.1, -0.05) is 12.1 Å². The molecule has 2 unspecified atom stereocenters. The van der Waals surface area contributed by atoms with Crippen LogP contribution in [0.1, 0.15) is 30.9 Å². The van der Waals surface area contributed by atoms with Crippen LogP contribution in [0.5, 0.6) is 0 Å². The summed E-state index contributed by atoms with van der Waals surface area (Å²) in [5, 5.41) is 7.25. The second-order valence-corrected chi connectivity index (χ2v) is 5.67. The summed E-state index contributed by atoms with van der Waals surface area (Å²) in [6.07, 6.45) is 2.53. The Kier molecular flexibility index (Phi) is 4.77. The molecule has 2 N–H and O–H groups in total. The molecule has 1 aromatic carbocycles. The van der Waals surface area contributed by atoms with E-state index in [0.717, 1.165) is 25.1 Å². The summed E-state index contributed by atoms with van der Waals surface area (Å²) in [6.45, 7) is 7.14. The first-order valence-corrected chi connectivity index (χ1v) is 7.23. The normalized spacial score (nSPS) is 20.1. The van der Waals surface area contributed by atoms with Gasteiger partial charge in [-0.05, 0) is 63.0 Å². The summed E-state index contributed by atoms with van der Waals surface area (Å²) >= 11 is 5.37. The molecule has 1 heterocycles. The van der Waals surface area contributed by atoms with Crippen molar-refractivity contribution in [3.05, 3.63) is 29.3 Å². The third-order valence-corrected chi connectivity index (χ3v) is 3.74. The highest BCUT2D eigenvalue weighted by Crippen LogP contribution is 2.17. The van der Waals surface area contributed by atoms with Gasteiger partial charge < -0.3 is 15.4 Å². The molecule has 1 aromatic rings. The zero-order chi connectivity index (χ0) is 13.8. The minimum Gasteiger partial charge on any atom is -0.376 e. The Balaban J connectivity index is 1.91. The van der Waals surface area contributed by atoms with Gasteiger partial charge in [-0.2, -0.15) is 0 Å². The predicted octanol–water partition coefficient (Wildman–Crippen LogP) is 3.16.